The lowest BCUT2D eigenvalue weighted by atomic mass is 10.1. The van der Waals surface area contributed by atoms with Gasteiger partial charge in [-0.3, -0.25) is 9.59 Å². The van der Waals surface area contributed by atoms with E-state index in [1.165, 1.54) is 4.68 Å². The Hall–Kier alpha value is -4.14. The Balaban J connectivity index is 1.53. The number of hydrogen-bond donors (Lipinski definition) is 1. The Morgan fingerprint density at radius 3 is 2.40 bits per heavy atom. The first-order valence-corrected chi connectivity index (χ1v) is 11.5. The normalized spacial score (nSPS) is 13.5. The van der Waals surface area contributed by atoms with Crippen LogP contribution in [0.2, 0.25) is 0 Å². The van der Waals surface area contributed by atoms with Crippen molar-refractivity contribution in [2.45, 2.75) is 25.7 Å². The average Bonchev–Trinajstić information content (AvgIpc) is 3.26. The molecule has 2 heterocycles. The molecule has 0 spiro atoms. The molecule has 0 radical (unpaired) electrons. The molecule has 0 bridgehead atoms. The number of likely N-dealkylation sites (N-methyl/N-ethyl adjacent to an activating group) is 1. The second-order valence-electron chi connectivity index (χ2n) is 8.44. The Kier molecular flexibility index (Phi) is 7.14. The van der Waals surface area contributed by atoms with Crippen LogP contribution in [0.15, 0.2) is 48.5 Å². The largest absolute Gasteiger partial charge is 0.497 e. The summed E-state index contributed by atoms with van der Waals surface area (Å²) >= 11 is 0. The summed E-state index contributed by atoms with van der Waals surface area (Å²) in [6.45, 7) is 1.20. The number of piperidine rings is 1. The summed E-state index contributed by atoms with van der Waals surface area (Å²) in [6, 6.07) is 14.6. The maximum absolute atomic E-state index is 12.2. The number of amides is 1. The maximum Gasteiger partial charge on any atom is 0.356 e. The molecule has 0 unspecified atom stereocenters. The van der Waals surface area contributed by atoms with Crippen molar-refractivity contribution in [1.29, 1.82) is 0 Å². The van der Waals surface area contributed by atoms with Crippen LogP contribution in [0, 0.1) is 0 Å². The minimum atomic E-state index is -1.19. The number of aldehydes is 1. The van der Waals surface area contributed by atoms with Crippen LogP contribution in [0.3, 0.4) is 0 Å². The summed E-state index contributed by atoms with van der Waals surface area (Å²) in [6.07, 6.45) is 3.48. The number of ether oxygens (including phenoxy) is 1. The lowest BCUT2D eigenvalue weighted by molar-refractivity contribution is -0.119. The van der Waals surface area contributed by atoms with E-state index in [1.54, 1.807) is 31.4 Å². The van der Waals surface area contributed by atoms with Gasteiger partial charge in [-0.15, -0.1) is 0 Å². The van der Waals surface area contributed by atoms with Gasteiger partial charge in [-0.25, -0.2) is 9.48 Å². The second kappa shape index (κ2) is 10.4. The van der Waals surface area contributed by atoms with Crippen LogP contribution >= 0.6 is 0 Å². The van der Waals surface area contributed by atoms with E-state index in [9.17, 15) is 19.5 Å². The van der Waals surface area contributed by atoms with Crippen LogP contribution in [0.4, 0.5) is 11.4 Å². The van der Waals surface area contributed by atoms with Gasteiger partial charge in [0.2, 0.25) is 5.91 Å². The van der Waals surface area contributed by atoms with Gasteiger partial charge in [0.1, 0.15) is 11.4 Å². The summed E-state index contributed by atoms with van der Waals surface area (Å²) in [5.74, 6) is -0.396. The van der Waals surface area contributed by atoms with Crippen molar-refractivity contribution in [2.24, 2.45) is 0 Å². The molecular formula is C26H28N4O5. The van der Waals surface area contributed by atoms with E-state index in [-0.39, 0.29) is 17.3 Å². The number of rotatable bonds is 9. The molecule has 35 heavy (non-hydrogen) atoms. The highest BCUT2D eigenvalue weighted by Gasteiger charge is 2.24. The molecule has 0 aliphatic carbocycles. The topological polar surface area (TPSA) is 105 Å². The number of benzene rings is 2. The fourth-order valence-electron chi connectivity index (χ4n) is 4.30. The molecule has 1 saturated heterocycles. The molecule has 4 rings (SSSR count). The first-order chi connectivity index (χ1) is 16.9. The van der Waals surface area contributed by atoms with E-state index in [1.807, 2.05) is 41.1 Å². The maximum atomic E-state index is 12.2. The number of carbonyl (C=O) groups excluding carboxylic acids is 2. The highest BCUT2D eigenvalue weighted by atomic mass is 16.5. The summed E-state index contributed by atoms with van der Waals surface area (Å²) in [7, 11) is 3.45. The highest BCUT2D eigenvalue weighted by Crippen LogP contribution is 2.25. The zero-order valence-corrected chi connectivity index (χ0v) is 19.8. The van der Waals surface area contributed by atoms with Crippen LogP contribution in [-0.4, -0.2) is 60.3 Å². The third kappa shape index (κ3) is 5.03. The van der Waals surface area contributed by atoms with Crippen LogP contribution in [0.5, 0.6) is 5.75 Å². The first kappa shape index (κ1) is 24.0. The fraction of sp³-hybridized carbons (Fsp3) is 0.308. The number of carboxylic acids is 1. The van der Waals surface area contributed by atoms with Crippen LogP contribution in [0.1, 0.15) is 45.8 Å². The molecule has 9 heteroatoms. The number of carboxylic acid groups (broad SMARTS) is 1. The van der Waals surface area contributed by atoms with E-state index in [4.69, 9.17) is 4.74 Å². The zero-order chi connectivity index (χ0) is 24.9. The van der Waals surface area contributed by atoms with Crippen LogP contribution < -0.4 is 14.5 Å². The number of nitrogens with zero attached hydrogens (tertiary/aromatic N) is 4. The Morgan fingerprint density at radius 1 is 1.11 bits per heavy atom. The van der Waals surface area contributed by atoms with Crippen molar-refractivity contribution in [1.82, 2.24) is 9.78 Å². The monoisotopic (exact) mass is 476 g/mol. The molecule has 1 aliphatic heterocycles. The fourth-order valence-corrected chi connectivity index (χ4v) is 4.30. The highest BCUT2D eigenvalue weighted by molar-refractivity contribution is 5.94. The van der Waals surface area contributed by atoms with Gasteiger partial charge in [0.15, 0.2) is 12.0 Å². The molecule has 182 valence electrons. The number of carbonyl (C=O) groups is 3. The summed E-state index contributed by atoms with van der Waals surface area (Å²) in [5.41, 5.74) is 2.81. The quantitative estimate of drug-likeness (QED) is 0.471. The minimum absolute atomic E-state index is 0.143. The summed E-state index contributed by atoms with van der Waals surface area (Å²) in [5, 5.41) is 13.9. The standard InChI is InChI=1S/C26H28N4O5/c1-28(18-6-8-19(9-7-18)29-15-4-3-5-24(29)32)16-14-22-23(17-31)30(27-25(22)26(33)34)20-10-12-21(35-2)13-11-20/h6-13,17H,3-5,14-16H2,1-2H3,(H,33,34). The van der Waals surface area contributed by atoms with Gasteiger partial charge < -0.3 is 19.6 Å². The molecule has 1 N–H and O–H groups in total. The third-order valence-electron chi connectivity index (χ3n) is 6.28. The first-order valence-electron chi connectivity index (χ1n) is 11.5. The van der Waals surface area contributed by atoms with E-state index in [0.29, 0.717) is 42.7 Å². The number of aromatic nitrogens is 2. The van der Waals surface area contributed by atoms with Crippen molar-refractivity contribution < 1.29 is 24.2 Å². The van der Waals surface area contributed by atoms with Gasteiger partial charge in [0, 0.05) is 43.5 Å². The molecular weight excluding hydrogens is 448 g/mol. The zero-order valence-electron chi connectivity index (χ0n) is 19.8. The molecule has 1 amide bonds. The van der Waals surface area contributed by atoms with Crippen molar-refractivity contribution >= 4 is 29.5 Å². The molecule has 0 saturated carbocycles. The second-order valence-corrected chi connectivity index (χ2v) is 8.44. The van der Waals surface area contributed by atoms with Gasteiger partial charge >= 0.3 is 5.97 Å². The number of hydrogen-bond acceptors (Lipinski definition) is 6. The molecule has 9 nitrogen and oxygen atoms in total. The van der Waals surface area contributed by atoms with Gasteiger partial charge in [0.25, 0.3) is 0 Å². The lowest BCUT2D eigenvalue weighted by Crippen LogP contribution is -2.35. The van der Waals surface area contributed by atoms with E-state index in [2.05, 4.69) is 5.10 Å². The average molecular weight is 477 g/mol. The van der Waals surface area contributed by atoms with Crippen LogP contribution in [-0.2, 0) is 11.2 Å². The summed E-state index contributed by atoms with van der Waals surface area (Å²) < 4.78 is 6.52. The Bertz CT molecular complexity index is 1220. The number of methoxy groups -OCH3 is 1. The van der Waals surface area contributed by atoms with Gasteiger partial charge in [0.05, 0.1) is 12.8 Å². The SMILES string of the molecule is COc1ccc(-n2nc(C(=O)O)c(CCN(C)c3ccc(N4CCCCC4=O)cc3)c2C=O)cc1. The smallest absolute Gasteiger partial charge is 0.356 e. The number of aromatic carboxylic acids is 1. The number of anilines is 2. The molecule has 1 fully saturated rings. The molecule has 1 aromatic heterocycles. The lowest BCUT2D eigenvalue weighted by Gasteiger charge is -2.27. The Morgan fingerprint density at radius 2 is 1.80 bits per heavy atom. The van der Waals surface area contributed by atoms with Crippen LogP contribution in [0.25, 0.3) is 5.69 Å². The van der Waals surface area contributed by atoms with Crippen molar-refractivity contribution in [3.63, 3.8) is 0 Å². The van der Waals surface area contributed by atoms with Gasteiger partial charge in [-0.05, 0) is 67.8 Å². The van der Waals surface area contributed by atoms with Gasteiger partial charge in [-0.1, -0.05) is 0 Å². The van der Waals surface area contributed by atoms with E-state index < -0.39 is 5.97 Å². The van der Waals surface area contributed by atoms with Crippen molar-refractivity contribution in [3.05, 3.63) is 65.5 Å². The molecule has 2 aromatic carbocycles. The predicted octanol–water partition coefficient (Wildman–Crippen LogP) is 3.59. The minimum Gasteiger partial charge on any atom is -0.497 e. The molecule has 0 atom stereocenters. The van der Waals surface area contributed by atoms with Crippen molar-refractivity contribution in [2.75, 3.05) is 37.0 Å². The molecule has 3 aromatic rings. The third-order valence-corrected chi connectivity index (χ3v) is 6.28. The molecule has 1 aliphatic rings. The van der Waals surface area contributed by atoms with Crippen molar-refractivity contribution in [3.8, 4) is 11.4 Å². The summed E-state index contributed by atoms with van der Waals surface area (Å²) in [4.78, 5) is 39.9. The van der Waals surface area contributed by atoms with E-state index >= 15 is 0 Å². The van der Waals surface area contributed by atoms with Gasteiger partial charge in [-0.2, -0.15) is 5.10 Å². The Labute approximate surface area is 203 Å². The van der Waals surface area contributed by atoms with E-state index in [0.717, 1.165) is 30.8 Å². The predicted molar refractivity (Wildman–Crippen MR) is 132 cm³/mol.